The number of ether oxygens (including phenoxy) is 1. The lowest BCUT2D eigenvalue weighted by molar-refractivity contribution is 0.0633. The third kappa shape index (κ3) is 5.13. The Bertz CT molecular complexity index is 880. The second kappa shape index (κ2) is 8.64. The van der Waals surface area contributed by atoms with E-state index in [-0.39, 0.29) is 23.5 Å². The molecule has 2 aromatic rings. The van der Waals surface area contributed by atoms with E-state index >= 15 is 0 Å². The van der Waals surface area contributed by atoms with Crippen molar-refractivity contribution in [3.63, 3.8) is 0 Å². The average Bonchev–Trinajstić information content (AvgIpc) is 3.57. The van der Waals surface area contributed by atoms with Gasteiger partial charge in [0.2, 0.25) is 0 Å². The number of halogens is 1. The Balaban J connectivity index is 1.32. The van der Waals surface area contributed by atoms with E-state index in [4.69, 9.17) is 4.74 Å². The van der Waals surface area contributed by atoms with Gasteiger partial charge in [0, 0.05) is 36.2 Å². The Morgan fingerprint density at radius 1 is 1.07 bits per heavy atom. The maximum Gasteiger partial charge on any atom is 0.253 e. The van der Waals surface area contributed by atoms with Crippen LogP contribution in [-0.2, 0) is 0 Å². The second-order valence-corrected chi connectivity index (χ2v) is 7.85. The van der Waals surface area contributed by atoms with Gasteiger partial charge in [-0.25, -0.2) is 4.39 Å². The van der Waals surface area contributed by atoms with E-state index in [1.165, 1.54) is 24.3 Å². The summed E-state index contributed by atoms with van der Waals surface area (Å²) in [6.45, 7) is 1.79. The van der Waals surface area contributed by atoms with Crippen molar-refractivity contribution in [3.8, 4) is 5.75 Å². The number of amides is 2. The van der Waals surface area contributed by atoms with Crippen LogP contribution in [0.1, 0.15) is 46.4 Å². The number of likely N-dealkylation sites (tertiary alicyclic amines) is 1. The van der Waals surface area contributed by atoms with Crippen LogP contribution in [0.3, 0.4) is 0 Å². The van der Waals surface area contributed by atoms with Gasteiger partial charge in [-0.2, -0.15) is 0 Å². The first kappa shape index (κ1) is 19.4. The second-order valence-electron chi connectivity index (χ2n) is 7.85. The van der Waals surface area contributed by atoms with E-state index in [1.807, 2.05) is 17.0 Å². The third-order valence-corrected chi connectivity index (χ3v) is 5.39. The molecule has 2 fully saturated rings. The molecule has 0 aromatic heterocycles. The molecular weight excluding hydrogens is 371 g/mol. The molecule has 1 heterocycles. The zero-order valence-electron chi connectivity index (χ0n) is 16.3. The minimum Gasteiger partial charge on any atom is -0.493 e. The molecular formula is C23H25FN2O3. The number of carbonyl (C=O) groups excluding carboxylic acids is 2. The maximum atomic E-state index is 13.1. The van der Waals surface area contributed by atoms with Crippen LogP contribution in [0.15, 0.2) is 48.5 Å². The minimum atomic E-state index is -0.348. The van der Waals surface area contributed by atoms with E-state index in [2.05, 4.69) is 5.32 Å². The van der Waals surface area contributed by atoms with Gasteiger partial charge in [0.05, 0.1) is 6.61 Å². The highest BCUT2D eigenvalue weighted by atomic mass is 19.1. The quantitative estimate of drug-likeness (QED) is 0.811. The van der Waals surface area contributed by atoms with Gasteiger partial charge in [0.25, 0.3) is 11.8 Å². The van der Waals surface area contributed by atoms with E-state index < -0.39 is 0 Å². The number of nitrogens with zero attached hydrogens (tertiary/aromatic N) is 1. The molecule has 1 saturated carbocycles. The molecule has 4 rings (SSSR count). The molecule has 2 amide bonds. The van der Waals surface area contributed by atoms with Crippen LogP contribution in [0.4, 0.5) is 4.39 Å². The van der Waals surface area contributed by atoms with Gasteiger partial charge in [0.15, 0.2) is 0 Å². The van der Waals surface area contributed by atoms with Gasteiger partial charge in [-0.3, -0.25) is 9.59 Å². The molecule has 0 spiro atoms. The minimum absolute atomic E-state index is 0.0633. The lowest BCUT2D eigenvalue weighted by Gasteiger charge is -2.32. The van der Waals surface area contributed by atoms with Crippen molar-refractivity contribution < 1.29 is 18.7 Å². The number of carbonyl (C=O) groups is 2. The van der Waals surface area contributed by atoms with Crippen LogP contribution < -0.4 is 10.1 Å². The smallest absolute Gasteiger partial charge is 0.253 e. The SMILES string of the molecule is O=C(NC1CC1)c1cccc(OC[C@@H]2CCCN(C(=O)c3ccc(F)cc3)C2)c1. The molecule has 6 heteroatoms. The van der Waals surface area contributed by atoms with Gasteiger partial charge >= 0.3 is 0 Å². The number of hydrogen-bond acceptors (Lipinski definition) is 3. The summed E-state index contributed by atoms with van der Waals surface area (Å²) >= 11 is 0. The number of benzene rings is 2. The Kier molecular flexibility index (Phi) is 5.79. The molecule has 0 radical (unpaired) electrons. The van der Waals surface area contributed by atoms with Crippen molar-refractivity contribution in [2.75, 3.05) is 19.7 Å². The highest BCUT2D eigenvalue weighted by Gasteiger charge is 2.26. The number of hydrogen-bond donors (Lipinski definition) is 1. The summed E-state index contributed by atoms with van der Waals surface area (Å²) in [6, 6.07) is 13.2. The van der Waals surface area contributed by atoms with Crippen LogP contribution in [-0.4, -0.2) is 42.5 Å². The van der Waals surface area contributed by atoms with Crippen molar-refractivity contribution >= 4 is 11.8 Å². The van der Waals surface area contributed by atoms with Crippen molar-refractivity contribution in [1.82, 2.24) is 10.2 Å². The summed E-state index contributed by atoms with van der Waals surface area (Å²) in [6.07, 6.45) is 3.99. The Morgan fingerprint density at radius 3 is 2.62 bits per heavy atom. The molecule has 1 atom stereocenters. The van der Waals surface area contributed by atoms with Gasteiger partial charge in [-0.1, -0.05) is 6.07 Å². The van der Waals surface area contributed by atoms with Crippen molar-refractivity contribution in [2.24, 2.45) is 5.92 Å². The fourth-order valence-electron chi connectivity index (χ4n) is 3.60. The standard InChI is InChI=1S/C23H25FN2O3/c24-19-8-6-17(7-9-19)23(28)26-12-2-3-16(14-26)15-29-21-5-1-4-18(13-21)22(27)25-20-10-11-20/h1,4-9,13,16,20H,2-3,10-12,14-15H2,(H,25,27)/t16-/m1/s1. The molecule has 29 heavy (non-hydrogen) atoms. The van der Waals surface area contributed by atoms with Crippen molar-refractivity contribution in [3.05, 3.63) is 65.5 Å². The molecule has 1 saturated heterocycles. The first-order valence-corrected chi connectivity index (χ1v) is 10.2. The summed E-state index contributed by atoms with van der Waals surface area (Å²) < 4.78 is 19.0. The molecule has 5 nitrogen and oxygen atoms in total. The topological polar surface area (TPSA) is 58.6 Å². The molecule has 1 aliphatic heterocycles. The highest BCUT2D eigenvalue weighted by molar-refractivity contribution is 5.95. The van der Waals surface area contributed by atoms with E-state index in [0.29, 0.717) is 42.6 Å². The van der Waals surface area contributed by atoms with Crippen LogP contribution in [0, 0.1) is 11.7 Å². The Hall–Kier alpha value is -2.89. The average molecular weight is 396 g/mol. The first-order valence-electron chi connectivity index (χ1n) is 10.2. The molecule has 2 aromatic carbocycles. The molecule has 0 bridgehead atoms. The number of rotatable bonds is 6. The van der Waals surface area contributed by atoms with E-state index in [9.17, 15) is 14.0 Å². The molecule has 1 aliphatic carbocycles. The van der Waals surface area contributed by atoms with Crippen LogP contribution in [0.5, 0.6) is 5.75 Å². The lowest BCUT2D eigenvalue weighted by Crippen LogP contribution is -2.41. The van der Waals surface area contributed by atoms with Crippen LogP contribution in [0.2, 0.25) is 0 Å². The maximum absolute atomic E-state index is 13.1. The fraction of sp³-hybridized carbons (Fsp3) is 0.391. The molecule has 2 aliphatic rings. The van der Waals surface area contributed by atoms with Crippen LogP contribution in [0.25, 0.3) is 0 Å². The van der Waals surface area contributed by atoms with Gasteiger partial charge < -0.3 is 15.0 Å². The Morgan fingerprint density at radius 2 is 1.86 bits per heavy atom. The van der Waals surface area contributed by atoms with Crippen LogP contribution >= 0.6 is 0 Å². The molecule has 0 unspecified atom stereocenters. The molecule has 1 N–H and O–H groups in total. The first-order chi connectivity index (χ1) is 14.1. The zero-order valence-corrected chi connectivity index (χ0v) is 16.3. The number of nitrogens with one attached hydrogen (secondary N) is 1. The molecule has 152 valence electrons. The normalized spacial score (nSPS) is 18.9. The third-order valence-electron chi connectivity index (χ3n) is 5.39. The van der Waals surface area contributed by atoms with Crippen molar-refractivity contribution in [1.29, 1.82) is 0 Å². The highest BCUT2D eigenvalue weighted by Crippen LogP contribution is 2.22. The predicted molar refractivity (Wildman–Crippen MR) is 107 cm³/mol. The summed E-state index contributed by atoms with van der Waals surface area (Å²) in [5.41, 5.74) is 1.11. The summed E-state index contributed by atoms with van der Waals surface area (Å²) in [7, 11) is 0. The van der Waals surface area contributed by atoms with Gasteiger partial charge in [-0.15, -0.1) is 0 Å². The summed E-state index contributed by atoms with van der Waals surface area (Å²) in [5, 5.41) is 2.98. The predicted octanol–water partition coefficient (Wildman–Crippen LogP) is 3.65. The summed E-state index contributed by atoms with van der Waals surface area (Å²) in [5.74, 6) is 0.396. The van der Waals surface area contributed by atoms with E-state index in [1.54, 1.807) is 12.1 Å². The fourth-order valence-corrected chi connectivity index (χ4v) is 3.60. The van der Waals surface area contributed by atoms with Gasteiger partial charge in [0.1, 0.15) is 11.6 Å². The Labute approximate surface area is 169 Å². The van der Waals surface area contributed by atoms with E-state index in [0.717, 1.165) is 25.7 Å². The summed E-state index contributed by atoms with van der Waals surface area (Å²) in [4.78, 5) is 26.7. The number of piperidine rings is 1. The van der Waals surface area contributed by atoms with Gasteiger partial charge in [-0.05, 0) is 68.1 Å². The largest absolute Gasteiger partial charge is 0.493 e. The zero-order chi connectivity index (χ0) is 20.2. The lowest BCUT2D eigenvalue weighted by atomic mass is 9.98. The van der Waals surface area contributed by atoms with Crippen molar-refractivity contribution in [2.45, 2.75) is 31.7 Å². The monoisotopic (exact) mass is 396 g/mol.